The third-order valence-corrected chi connectivity index (χ3v) is 2.36. The molecule has 6 heteroatoms. The topological polar surface area (TPSA) is 35.2 Å². The predicted molar refractivity (Wildman–Crippen MR) is 67.2 cm³/mol. The lowest BCUT2D eigenvalue weighted by Gasteiger charge is -2.16. The fraction of sp³-hybridized carbons (Fsp3) is 0.500. The molecule has 0 radical (unpaired) electrons. The van der Waals surface area contributed by atoms with E-state index in [0.717, 1.165) is 12.0 Å². The van der Waals surface area contributed by atoms with E-state index in [-0.39, 0.29) is 24.2 Å². The van der Waals surface area contributed by atoms with E-state index in [1.165, 1.54) is 0 Å². The number of hydrogen-bond donors (Lipinski definition) is 1. The Labute approximate surface area is 111 Å². The van der Waals surface area contributed by atoms with Gasteiger partial charge < -0.3 is 10.5 Å². The van der Waals surface area contributed by atoms with Crippen LogP contribution in [0.2, 0.25) is 0 Å². The number of ether oxygens (including phenoxy) is 1. The highest BCUT2D eigenvalue weighted by atomic mass is 35.5. The van der Waals surface area contributed by atoms with Gasteiger partial charge in [0.2, 0.25) is 0 Å². The summed E-state index contributed by atoms with van der Waals surface area (Å²) in [6.45, 7) is 2.39. The van der Waals surface area contributed by atoms with Crippen LogP contribution in [0.5, 0.6) is 5.75 Å². The molecule has 18 heavy (non-hydrogen) atoms. The van der Waals surface area contributed by atoms with E-state index in [1.807, 2.05) is 6.92 Å². The number of hydrogen-bond acceptors (Lipinski definition) is 2. The van der Waals surface area contributed by atoms with Gasteiger partial charge in [-0.1, -0.05) is 19.1 Å². The van der Waals surface area contributed by atoms with Crippen molar-refractivity contribution in [2.24, 2.45) is 5.73 Å². The molecule has 0 aliphatic carbocycles. The maximum atomic E-state index is 12.1. The van der Waals surface area contributed by atoms with E-state index in [9.17, 15) is 13.2 Å². The molecule has 0 bridgehead atoms. The molecule has 0 spiro atoms. The number of aryl methyl sites for hydroxylation is 1. The zero-order chi connectivity index (χ0) is 13.1. The van der Waals surface area contributed by atoms with Gasteiger partial charge >= 0.3 is 6.18 Å². The molecule has 0 amide bonds. The first-order chi connectivity index (χ1) is 7.83. The third kappa shape index (κ3) is 5.14. The Morgan fingerprint density at radius 3 is 2.39 bits per heavy atom. The molecule has 0 aromatic heterocycles. The number of nitrogens with two attached hydrogens (primary N) is 1. The molecule has 0 heterocycles. The zero-order valence-corrected chi connectivity index (χ0v) is 11.1. The van der Waals surface area contributed by atoms with Crippen LogP contribution in [0.25, 0.3) is 0 Å². The summed E-state index contributed by atoms with van der Waals surface area (Å²) in [5, 5.41) is 0. The molecule has 0 aliphatic rings. The quantitative estimate of drug-likeness (QED) is 0.916. The van der Waals surface area contributed by atoms with Gasteiger partial charge in [0.15, 0.2) is 6.61 Å². The Hall–Kier alpha value is -0.940. The van der Waals surface area contributed by atoms with Gasteiger partial charge in [-0.3, -0.25) is 0 Å². The van der Waals surface area contributed by atoms with E-state index < -0.39 is 12.8 Å². The molecular formula is C12H17ClF3NO. The Balaban J connectivity index is 0.00000289. The van der Waals surface area contributed by atoms with Crippen LogP contribution >= 0.6 is 12.4 Å². The monoisotopic (exact) mass is 283 g/mol. The van der Waals surface area contributed by atoms with E-state index in [2.05, 4.69) is 0 Å². The average Bonchev–Trinajstić information content (AvgIpc) is 2.25. The summed E-state index contributed by atoms with van der Waals surface area (Å²) in [4.78, 5) is 0. The molecule has 104 valence electrons. The van der Waals surface area contributed by atoms with Gasteiger partial charge in [-0.25, -0.2) is 0 Å². The molecule has 1 atom stereocenters. The van der Waals surface area contributed by atoms with E-state index in [1.54, 1.807) is 25.1 Å². The lowest BCUT2D eigenvalue weighted by atomic mass is 10.0. The molecule has 1 rings (SSSR count). The molecule has 1 unspecified atom stereocenters. The molecule has 0 saturated heterocycles. The van der Waals surface area contributed by atoms with Crippen molar-refractivity contribution in [1.82, 2.24) is 0 Å². The van der Waals surface area contributed by atoms with Gasteiger partial charge in [0.1, 0.15) is 5.75 Å². The second-order valence-electron chi connectivity index (χ2n) is 3.92. The van der Waals surface area contributed by atoms with Crippen LogP contribution in [0.3, 0.4) is 0 Å². The highest BCUT2D eigenvalue weighted by molar-refractivity contribution is 5.85. The van der Waals surface area contributed by atoms with Crippen molar-refractivity contribution in [2.75, 3.05) is 6.61 Å². The van der Waals surface area contributed by atoms with Crippen molar-refractivity contribution in [3.8, 4) is 5.75 Å². The van der Waals surface area contributed by atoms with Crippen molar-refractivity contribution in [2.45, 2.75) is 32.5 Å². The first-order valence-corrected chi connectivity index (χ1v) is 5.41. The summed E-state index contributed by atoms with van der Waals surface area (Å²) in [5.74, 6) is 0.203. The van der Waals surface area contributed by atoms with Gasteiger partial charge in [-0.15, -0.1) is 12.4 Å². The van der Waals surface area contributed by atoms with Crippen LogP contribution in [-0.4, -0.2) is 12.8 Å². The molecule has 1 aromatic carbocycles. The Morgan fingerprint density at radius 2 is 1.94 bits per heavy atom. The van der Waals surface area contributed by atoms with Crippen molar-refractivity contribution in [3.63, 3.8) is 0 Å². The number of alkyl halides is 3. The van der Waals surface area contributed by atoms with Gasteiger partial charge in [0.25, 0.3) is 0 Å². The molecule has 0 saturated carbocycles. The van der Waals surface area contributed by atoms with Crippen LogP contribution in [0.1, 0.15) is 31.0 Å². The van der Waals surface area contributed by atoms with Crippen molar-refractivity contribution in [3.05, 3.63) is 29.3 Å². The summed E-state index contributed by atoms with van der Waals surface area (Å²) in [6, 6.07) is 4.72. The number of halogens is 4. The highest BCUT2D eigenvalue weighted by Gasteiger charge is 2.29. The molecule has 1 aromatic rings. The first kappa shape index (κ1) is 17.1. The fourth-order valence-corrected chi connectivity index (χ4v) is 1.46. The summed E-state index contributed by atoms with van der Waals surface area (Å²) < 4.78 is 40.9. The summed E-state index contributed by atoms with van der Waals surface area (Å²) in [6.07, 6.45) is -3.53. The van der Waals surface area contributed by atoms with Gasteiger partial charge in [0.05, 0.1) is 0 Å². The maximum absolute atomic E-state index is 12.1. The second kappa shape index (κ2) is 6.85. The van der Waals surface area contributed by atoms with Crippen molar-refractivity contribution < 1.29 is 17.9 Å². The van der Waals surface area contributed by atoms with Gasteiger partial charge in [0, 0.05) is 11.6 Å². The lowest BCUT2D eigenvalue weighted by molar-refractivity contribution is -0.153. The molecule has 0 fully saturated rings. The largest absolute Gasteiger partial charge is 0.484 e. The van der Waals surface area contributed by atoms with E-state index in [4.69, 9.17) is 10.5 Å². The first-order valence-electron chi connectivity index (χ1n) is 5.41. The Kier molecular flexibility index (Phi) is 6.49. The minimum Gasteiger partial charge on any atom is -0.484 e. The van der Waals surface area contributed by atoms with Crippen LogP contribution in [0, 0.1) is 0 Å². The zero-order valence-electron chi connectivity index (χ0n) is 10.3. The number of rotatable bonds is 4. The highest BCUT2D eigenvalue weighted by Crippen LogP contribution is 2.27. The number of benzene rings is 1. The average molecular weight is 284 g/mol. The third-order valence-electron chi connectivity index (χ3n) is 2.36. The van der Waals surface area contributed by atoms with Crippen LogP contribution in [0.15, 0.2) is 18.2 Å². The van der Waals surface area contributed by atoms with Crippen LogP contribution in [-0.2, 0) is 6.42 Å². The standard InChI is InChI=1S/C12H16F3NO.ClH/c1-3-9-4-5-11(10(6-9)8(2)16)17-7-12(13,14)15;/h4-6,8H,3,7,16H2,1-2H3;1H. The second-order valence-corrected chi connectivity index (χ2v) is 3.92. The van der Waals surface area contributed by atoms with Crippen LogP contribution in [0.4, 0.5) is 13.2 Å². The Bertz CT molecular complexity index is 380. The molecule has 0 aliphatic heterocycles. The minimum atomic E-state index is -4.33. The van der Waals surface area contributed by atoms with Crippen LogP contribution < -0.4 is 10.5 Å². The maximum Gasteiger partial charge on any atom is 0.422 e. The van der Waals surface area contributed by atoms with Crippen molar-refractivity contribution in [1.29, 1.82) is 0 Å². The lowest BCUT2D eigenvalue weighted by Crippen LogP contribution is -2.20. The molecule has 2 nitrogen and oxygen atoms in total. The van der Waals surface area contributed by atoms with E-state index >= 15 is 0 Å². The normalized spacial score (nSPS) is 12.8. The van der Waals surface area contributed by atoms with Gasteiger partial charge in [-0.05, 0) is 25.0 Å². The van der Waals surface area contributed by atoms with Crippen molar-refractivity contribution >= 4 is 12.4 Å². The summed E-state index contributed by atoms with van der Waals surface area (Å²) >= 11 is 0. The van der Waals surface area contributed by atoms with E-state index in [0.29, 0.717) is 5.56 Å². The molecular weight excluding hydrogens is 267 g/mol. The Morgan fingerprint density at radius 1 is 1.33 bits per heavy atom. The fourth-order valence-electron chi connectivity index (χ4n) is 1.46. The minimum absolute atomic E-state index is 0. The summed E-state index contributed by atoms with van der Waals surface area (Å²) in [7, 11) is 0. The SMILES string of the molecule is CCc1ccc(OCC(F)(F)F)c(C(C)N)c1.Cl. The predicted octanol–water partition coefficient (Wildman–Crippen LogP) is 3.63. The molecule has 2 N–H and O–H groups in total. The summed E-state index contributed by atoms with van der Waals surface area (Å²) in [5.41, 5.74) is 7.35. The smallest absolute Gasteiger partial charge is 0.422 e. The van der Waals surface area contributed by atoms with Gasteiger partial charge in [-0.2, -0.15) is 13.2 Å².